The highest BCUT2D eigenvalue weighted by molar-refractivity contribution is 6.00. The molecule has 0 unspecified atom stereocenters. The zero-order chi connectivity index (χ0) is 13.0. The molecule has 0 aliphatic carbocycles. The second-order valence-electron chi connectivity index (χ2n) is 4.30. The number of amidine groups is 1. The molecule has 1 aromatic carbocycles. The lowest BCUT2D eigenvalue weighted by Gasteiger charge is -2.23. The Hall–Kier alpha value is -1.62. The van der Waals surface area contributed by atoms with E-state index in [1.165, 1.54) is 12.1 Å². The smallest absolute Gasteiger partial charge is 0.125 e. The second kappa shape index (κ2) is 5.63. The Kier molecular flexibility index (Phi) is 4.45. The number of benzene rings is 1. The summed E-state index contributed by atoms with van der Waals surface area (Å²) in [5.41, 5.74) is 6.67. The van der Waals surface area contributed by atoms with Gasteiger partial charge in [-0.3, -0.25) is 5.41 Å². The third kappa shape index (κ3) is 3.71. The maximum atomic E-state index is 13.1. The lowest BCUT2D eigenvalue weighted by Crippen LogP contribution is -2.30. The van der Waals surface area contributed by atoms with Crippen molar-refractivity contribution in [2.24, 2.45) is 5.73 Å². The van der Waals surface area contributed by atoms with Crippen LogP contribution in [0.2, 0.25) is 0 Å². The van der Waals surface area contributed by atoms with Crippen LogP contribution in [0, 0.1) is 11.2 Å². The predicted molar refractivity (Wildman–Crippen MR) is 69.2 cm³/mol. The summed E-state index contributed by atoms with van der Waals surface area (Å²) in [5, 5.41) is 7.46. The van der Waals surface area contributed by atoms with E-state index in [0.29, 0.717) is 5.56 Å². The van der Waals surface area contributed by atoms with Crippen molar-refractivity contribution >= 4 is 11.5 Å². The van der Waals surface area contributed by atoms with E-state index >= 15 is 0 Å². The summed E-state index contributed by atoms with van der Waals surface area (Å²) >= 11 is 0. The van der Waals surface area contributed by atoms with E-state index in [-0.39, 0.29) is 11.7 Å². The number of nitrogens with two attached hydrogens (primary N) is 1. The van der Waals surface area contributed by atoms with Crippen LogP contribution >= 0.6 is 0 Å². The Labute approximate surface area is 101 Å². The van der Waals surface area contributed by atoms with Gasteiger partial charge in [0, 0.05) is 31.4 Å². The Morgan fingerprint density at radius 3 is 2.47 bits per heavy atom. The summed E-state index contributed by atoms with van der Waals surface area (Å²) < 4.78 is 13.1. The van der Waals surface area contributed by atoms with E-state index in [0.717, 1.165) is 18.8 Å². The highest BCUT2D eigenvalue weighted by Gasteiger charge is 2.11. The predicted octanol–water partition coefficient (Wildman–Crippen LogP) is 1.11. The molecule has 94 valence electrons. The van der Waals surface area contributed by atoms with Crippen LogP contribution < -0.4 is 10.6 Å². The van der Waals surface area contributed by atoms with Gasteiger partial charge >= 0.3 is 0 Å². The third-order valence-corrected chi connectivity index (χ3v) is 2.54. The summed E-state index contributed by atoms with van der Waals surface area (Å²) in [6.07, 6.45) is 0. The molecule has 1 aromatic rings. The molecule has 0 saturated carbocycles. The number of nitrogen functional groups attached to an aromatic ring is 1. The van der Waals surface area contributed by atoms with Crippen molar-refractivity contribution in [2.45, 2.75) is 0 Å². The summed E-state index contributed by atoms with van der Waals surface area (Å²) in [6, 6.07) is 4.33. The molecule has 4 nitrogen and oxygen atoms in total. The Bertz CT molecular complexity index is 403. The fourth-order valence-corrected chi connectivity index (χ4v) is 1.53. The first kappa shape index (κ1) is 13.4. The lowest BCUT2D eigenvalue weighted by molar-refractivity contribution is 0.416. The summed E-state index contributed by atoms with van der Waals surface area (Å²) in [5.74, 6) is -0.490. The minimum absolute atomic E-state index is 0.115. The van der Waals surface area contributed by atoms with Gasteiger partial charge in [-0.2, -0.15) is 0 Å². The molecule has 0 saturated heterocycles. The number of hydrogen-bond donors (Lipinski definition) is 2. The first-order valence-electron chi connectivity index (χ1n) is 5.41. The Balaban J connectivity index is 2.92. The van der Waals surface area contributed by atoms with E-state index in [4.69, 9.17) is 11.1 Å². The van der Waals surface area contributed by atoms with E-state index < -0.39 is 0 Å². The monoisotopic (exact) mass is 238 g/mol. The molecule has 3 N–H and O–H groups in total. The standard InChI is InChI=1S/C12H19FN4/c1-16(2)6-7-17(3)11-5-4-9(13)8-10(11)12(14)15/h4-5,8H,6-7H2,1-3H3,(H3,14,15). The van der Waals surface area contributed by atoms with Gasteiger partial charge in [-0.1, -0.05) is 0 Å². The Morgan fingerprint density at radius 2 is 1.94 bits per heavy atom. The topological polar surface area (TPSA) is 56.4 Å². The second-order valence-corrected chi connectivity index (χ2v) is 4.30. The molecule has 1 rings (SSSR count). The highest BCUT2D eigenvalue weighted by atomic mass is 19.1. The molecule has 0 fully saturated rings. The number of halogens is 1. The highest BCUT2D eigenvalue weighted by Crippen LogP contribution is 2.20. The van der Waals surface area contributed by atoms with Gasteiger partial charge in [-0.05, 0) is 32.3 Å². The van der Waals surface area contributed by atoms with Gasteiger partial charge in [0.1, 0.15) is 11.7 Å². The van der Waals surface area contributed by atoms with Gasteiger partial charge in [-0.15, -0.1) is 0 Å². The van der Waals surface area contributed by atoms with E-state index in [9.17, 15) is 4.39 Å². The van der Waals surface area contributed by atoms with E-state index in [2.05, 4.69) is 4.90 Å². The quantitative estimate of drug-likeness (QED) is 0.597. The van der Waals surface area contributed by atoms with Crippen LogP contribution in [-0.4, -0.2) is 45.0 Å². The zero-order valence-electron chi connectivity index (χ0n) is 10.5. The Morgan fingerprint density at radius 1 is 1.29 bits per heavy atom. The molecular weight excluding hydrogens is 219 g/mol. The molecule has 0 spiro atoms. The van der Waals surface area contributed by atoms with Gasteiger partial charge < -0.3 is 15.5 Å². The van der Waals surface area contributed by atoms with E-state index in [1.807, 2.05) is 26.0 Å². The number of hydrogen-bond acceptors (Lipinski definition) is 3. The average molecular weight is 238 g/mol. The number of nitrogens with one attached hydrogen (secondary N) is 1. The van der Waals surface area contributed by atoms with Gasteiger partial charge in [-0.25, -0.2) is 4.39 Å². The molecule has 0 bridgehead atoms. The van der Waals surface area contributed by atoms with Crippen LogP contribution in [0.4, 0.5) is 10.1 Å². The van der Waals surface area contributed by atoms with Crippen LogP contribution in [0.1, 0.15) is 5.56 Å². The largest absolute Gasteiger partial charge is 0.384 e. The normalized spacial score (nSPS) is 10.6. The van der Waals surface area contributed by atoms with Gasteiger partial charge in [0.2, 0.25) is 0 Å². The molecule has 0 heterocycles. The fourth-order valence-electron chi connectivity index (χ4n) is 1.53. The van der Waals surface area contributed by atoms with Crippen LogP contribution in [0.5, 0.6) is 0 Å². The van der Waals surface area contributed by atoms with E-state index in [1.54, 1.807) is 6.07 Å². The number of nitrogens with zero attached hydrogens (tertiary/aromatic N) is 2. The van der Waals surface area contributed by atoms with Crippen molar-refractivity contribution in [3.8, 4) is 0 Å². The summed E-state index contributed by atoms with van der Waals surface area (Å²) in [7, 11) is 5.89. The van der Waals surface area contributed by atoms with Gasteiger partial charge in [0.25, 0.3) is 0 Å². The molecule has 0 aliphatic heterocycles. The molecular formula is C12H19FN4. The molecule has 17 heavy (non-hydrogen) atoms. The average Bonchev–Trinajstić information content (AvgIpc) is 2.25. The molecule has 5 heteroatoms. The van der Waals surface area contributed by atoms with Crippen molar-refractivity contribution < 1.29 is 4.39 Å². The minimum atomic E-state index is -0.375. The first-order valence-corrected chi connectivity index (χ1v) is 5.41. The van der Waals surface area contributed by atoms with Gasteiger partial charge in [0.05, 0.1) is 0 Å². The van der Waals surface area contributed by atoms with Crippen molar-refractivity contribution in [2.75, 3.05) is 39.1 Å². The summed E-state index contributed by atoms with van der Waals surface area (Å²) in [4.78, 5) is 4.03. The number of anilines is 1. The van der Waals surface area contributed by atoms with Crippen molar-refractivity contribution in [3.05, 3.63) is 29.6 Å². The lowest BCUT2D eigenvalue weighted by atomic mass is 10.1. The van der Waals surface area contributed by atoms with Crippen LogP contribution in [0.3, 0.4) is 0 Å². The van der Waals surface area contributed by atoms with Gasteiger partial charge in [0.15, 0.2) is 0 Å². The molecule has 0 aliphatic rings. The molecule has 0 atom stereocenters. The third-order valence-electron chi connectivity index (χ3n) is 2.54. The first-order chi connectivity index (χ1) is 7.91. The molecule has 0 radical (unpaired) electrons. The summed E-state index contributed by atoms with van der Waals surface area (Å²) in [6.45, 7) is 1.67. The number of likely N-dealkylation sites (N-methyl/N-ethyl adjacent to an activating group) is 2. The minimum Gasteiger partial charge on any atom is -0.384 e. The van der Waals surface area contributed by atoms with Crippen LogP contribution in [0.25, 0.3) is 0 Å². The number of rotatable bonds is 5. The van der Waals surface area contributed by atoms with Crippen molar-refractivity contribution in [1.29, 1.82) is 5.41 Å². The van der Waals surface area contributed by atoms with Crippen molar-refractivity contribution in [3.63, 3.8) is 0 Å². The van der Waals surface area contributed by atoms with Crippen molar-refractivity contribution in [1.82, 2.24) is 4.90 Å². The molecule has 0 aromatic heterocycles. The maximum Gasteiger partial charge on any atom is 0.125 e. The SMILES string of the molecule is CN(C)CCN(C)c1ccc(F)cc1C(=N)N. The zero-order valence-corrected chi connectivity index (χ0v) is 10.5. The maximum absolute atomic E-state index is 13.1. The van der Waals surface area contributed by atoms with Crippen LogP contribution in [0.15, 0.2) is 18.2 Å². The van der Waals surface area contributed by atoms with Crippen LogP contribution in [-0.2, 0) is 0 Å². The molecule has 0 amide bonds. The fraction of sp³-hybridized carbons (Fsp3) is 0.417.